The Morgan fingerprint density at radius 3 is 2.73 bits per heavy atom. The molecule has 1 aromatic heterocycles. The van der Waals surface area contributed by atoms with Gasteiger partial charge in [0.25, 0.3) is 5.56 Å². The zero-order chi connectivity index (χ0) is 11.6. The first-order valence-corrected chi connectivity index (χ1v) is 4.60. The number of aromatic nitrogens is 1. The van der Waals surface area contributed by atoms with Crippen molar-refractivity contribution < 1.29 is 9.90 Å². The van der Waals surface area contributed by atoms with Crippen LogP contribution in [0.1, 0.15) is 12.6 Å². The van der Waals surface area contributed by atoms with E-state index in [4.69, 9.17) is 10.8 Å². The first-order valence-electron chi connectivity index (χ1n) is 4.60. The number of anilines is 1. The summed E-state index contributed by atoms with van der Waals surface area (Å²) in [6, 6.07) is 2.87. The van der Waals surface area contributed by atoms with Gasteiger partial charge in [-0.15, -0.1) is 0 Å². The van der Waals surface area contributed by atoms with Gasteiger partial charge in [0, 0.05) is 25.2 Å². The highest BCUT2D eigenvalue weighted by Crippen LogP contribution is 2.13. The van der Waals surface area contributed by atoms with Crippen molar-refractivity contribution in [3.05, 3.63) is 28.2 Å². The molecule has 0 bridgehead atoms. The molecular weight excluding hydrogens is 196 g/mol. The number of pyridine rings is 1. The predicted molar refractivity (Wildman–Crippen MR) is 56.6 cm³/mol. The Balaban J connectivity index is 3.09. The van der Waals surface area contributed by atoms with Crippen molar-refractivity contribution in [3.63, 3.8) is 0 Å². The van der Waals surface area contributed by atoms with Gasteiger partial charge in [-0.3, -0.25) is 9.59 Å². The average Bonchev–Trinajstić information content (AvgIpc) is 2.18. The molecule has 0 fully saturated rings. The number of hydrogen-bond acceptors (Lipinski definition) is 3. The van der Waals surface area contributed by atoms with Crippen LogP contribution in [0.5, 0.6) is 0 Å². The number of carbonyl (C=O) groups is 1. The summed E-state index contributed by atoms with van der Waals surface area (Å²) < 4.78 is 1.38. The van der Waals surface area contributed by atoms with Crippen LogP contribution in [0.3, 0.4) is 0 Å². The second kappa shape index (κ2) is 4.16. The first kappa shape index (κ1) is 11.3. The van der Waals surface area contributed by atoms with E-state index in [-0.39, 0.29) is 12.0 Å². The monoisotopic (exact) mass is 210 g/mol. The smallest absolute Gasteiger partial charge is 0.306 e. The second-order valence-electron chi connectivity index (χ2n) is 3.58. The third-order valence-corrected chi connectivity index (χ3v) is 2.40. The summed E-state index contributed by atoms with van der Waals surface area (Å²) in [6.45, 7) is 1.58. The van der Waals surface area contributed by atoms with Crippen LogP contribution in [0.25, 0.3) is 0 Å². The lowest BCUT2D eigenvalue weighted by atomic mass is 10.0. The Kier molecular flexibility index (Phi) is 3.14. The Bertz CT molecular complexity index is 437. The molecule has 1 atom stereocenters. The van der Waals surface area contributed by atoms with Gasteiger partial charge < -0.3 is 15.4 Å². The molecule has 82 valence electrons. The van der Waals surface area contributed by atoms with Crippen LogP contribution < -0.4 is 11.3 Å². The highest BCUT2D eigenvalue weighted by Gasteiger charge is 2.15. The van der Waals surface area contributed by atoms with E-state index in [0.29, 0.717) is 11.4 Å². The molecule has 15 heavy (non-hydrogen) atoms. The minimum absolute atomic E-state index is 0.184. The molecule has 3 N–H and O–H groups in total. The summed E-state index contributed by atoms with van der Waals surface area (Å²) in [6.07, 6.45) is 0.258. The Morgan fingerprint density at radius 2 is 2.20 bits per heavy atom. The van der Waals surface area contributed by atoms with Crippen LogP contribution in [0.4, 0.5) is 5.69 Å². The standard InChI is InChI=1S/C10H14N2O3/c1-6(10(14)15)5-8-7(11)3-4-9(13)12(8)2/h3-4,6H,5,11H2,1-2H3,(H,14,15). The topological polar surface area (TPSA) is 85.3 Å². The van der Waals surface area contributed by atoms with Gasteiger partial charge in [-0.25, -0.2) is 0 Å². The van der Waals surface area contributed by atoms with E-state index in [1.807, 2.05) is 0 Å². The minimum atomic E-state index is -0.897. The van der Waals surface area contributed by atoms with E-state index in [9.17, 15) is 9.59 Å². The SMILES string of the molecule is CC(Cc1c(N)ccc(=O)n1C)C(=O)O. The number of nitrogens with zero attached hydrogens (tertiary/aromatic N) is 1. The highest BCUT2D eigenvalue weighted by atomic mass is 16.4. The summed E-state index contributed by atoms with van der Waals surface area (Å²) in [5, 5.41) is 8.77. The quantitative estimate of drug-likeness (QED) is 0.747. The molecule has 0 aromatic carbocycles. The van der Waals surface area contributed by atoms with Gasteiger partial charge in [0.2, 0.25) is 0 Å². The van der Waals surface area contributed by atoms with E-state index >= 15 is 0 Å². The summed E-state index contributed by atoms with van der Waals surface area (Å²) in [7, 11) is 1.59. The molecule has 0 saturated heterocycles. The molecule has 0 aliphatic heterocycles. The molecule has 1 rings (SSSR count). The van der Waals surface area contributed by atoms with E-state index in [1.54, 1.807) is 14.0 Å². The van der Waals surface area contributed by atoms with Crippen LogP contribution in [0.2, 0.25) is 0 Å². The van der Waals surface area contributed by atoms with E-state index in [2.05, 4.69) is 0 Å². The van der Waals surface area contributed by atoms with Gasteiger partial charge in [-0.1, -0.05) is 6.92 Å². The number of hydrogen-bond donors (Lipinski definition) is 2. The van der Waals surface area contributed by atoms with Crippen molar-refractivity contribution in [1.29, 1.82) is 0 Å². The molecule has 0 spiro atoms. The van der Waals surface area contributed by atoms with Crippen molar-refractivity contribution in [2.45, 2.75) is 13.3 Å². The summed E-state index contributed by atoms with van der Waals surface area (Å²) in [5.74, 6) is -1.45. The predicted octanol–water partition coefficient (Wildman–Crippen LogP) is 0.231. The van der Waals surface area contributed by atoms with Gasteiger partial charge in [0.15, 0.2) is 0 Å². The lowest BCUT2D eigenvalue weighted by Crippen LogP contribution is -2.24. The number of carboxylic acid groups (broad SMARTS) is 1. The minimum Gasteiger partial charge on any atom is -0.481 e. The van der Waals surface area contributed by atoms with Gasteiger partial charge in [0.1, 0.15) is 0 Å². The van der Waals surface area contributed by atoms with Gasteiger partial charge >= 0.3 is 5.97 Å². The lowest BCUT2D eigenvalue weighted by Gasteiger charge is -2.12. The summed E-state index contributed by atoms with van der Waals surface area (Å²) in [4.78, 5) is 22.0. The number of carboxylic acids is 1. The normalized spacial score (nSPS) is 12.4. The Hall–Kier alpha value is -1.78. The van der Waals surface area contributed by atoms with E-state index in [1.165, 1.54) is 16.7 Å². The maximum Gasteiger partial charge on any atom is 0.306 e. The van der Waals surface area contributed by atoms with Crippen molar-refractivity contribution in [2.24, 2.45) is 13.0 Å². The zero-order valence-corrected chi connectivity index (χ0v) is 8.73. The Morgan fingerprint density at radius 1 is 1.60 bits per heavy atom. The fourth-order valence-electron chi connectivity index (χ4n) is 1.33. The molecular formula is C10H14N2O3. The molecule has 0 amide bonds. The van der Waals surface area contributed by atoms with Crippen molar-refractivity contribution in [3.8, 4) is 0 Å². The number of aliphatic carboxylic acids is 1. The maximum atomic E-state index is 11.3. The molecule has 0 aliphatic carbocycles. The van der Waals surface area contributed by atoms with Crippen LogP contribution in [0, 0.1) is 5.92 Å². The third-order valence-electron chi connectivity index (χ3n) is 2.40. The fraction of sp³-hybridized carbons (Fsp3) is 0.400. The molecule has 0 saturated carbocycles. The highest BCUT2D eigenvalue weighted by molar-refractivity contribution is 5.70. The zero-order valence-electron chi connectivity index (χ0n) is 8.73. The molecule has 1 heterocycles. The van der Waals surface area contributed by atoms with Crippen LogP contribution >= 0.6 is 0 Å². The second-order valence-corrected chi connectivity index (χ2v) is 3.58. The van der Waals surface area contributed by atoms with Crippen molar-refractivity contribution in [1.82, 2.24) is 4.57 Å². The summed E-state index contributed by atoms with van der Waals surface area (Å²) in [5.41, 5.74) is 6.52. The Labute approximate surface area is 87.1 Å². The van der Waals surface area contributed by atoms with Crippen LogP contribution in [-0.2, 0) is 18.3 Å². The average molecular weight is 210 g/mol. The molecule has 5 nitrogen and oxygen atoms in total. The van der Waals surface area contributed by atoms with Crippen molar-refractivity contribution in [2.75, 3.05) is 5.73 Å². The molecule has 5 heteroatoms. The van der Waals surface area contributed by atoms with Crippen LogP contribution in [0.15, 0.2) is 16.9 Å². The molecule has 1 aromatic rings. The number of rotatable bonds is 3. The molecule has 1 unspecified atom stereocenters. The largest absolute Gasteiger partial charge is 0.481 e. The van der Waals surface area contributed by atoms with Gasteiger partial charge in [0.05, 0.1) is 11.6 Å². The van der Waals surface area contributed by atoms with E-state index in [0.717, 1.165) is 0 Å². The number of nitrogen functional groups attached to an aromatic ring is 1. The maximum absolute atomic E-state index is 11.3. The molecule has 0 aliphatic rings. The van der Waals surface area contributed by atoms with E-state index < -0.39 is 11.9 Å². The fourth-order valence-corrected chi connectivity index (χ4v) is 1.33. The van der Waals surface area contributed by atoms with Gasteiger partial charge in [-0.05, 0) is 6.07 Å². The molecule has 0 radical (unpaired) electrons. The third kappa shape index (κ3) is 2.37. The summed E-state index contributed by atoms with van der Waals surface area (Å²) >= 11 is 0. The van der Waals surface area contributed by atoms with Crippen molar-refractivity contribution >= 4 is 11.7 Å². The van der Waals surface area contributed by atoms with Gasteiger partial charge in [-0.2, -0.15) is 0 Å². The van der Waals surface area contributed by atoms with Crippen LogP contribution in [-0.4, -0.2) is 15.6 Å². The first-order chi connectivity index (χ1) is 6.93. The lowest BCUT2D eigenvalue weighted by molar-refractivity contribution is -0.141. The number of nitrogens with two attached hydrogens (primary N) is 1.